The van der Waals surface area contributed by atoms with Crippen LogP contribution in [0.1, 0.15) is 27.2 Å². The molecule has 0 radical (unpaired) electrons. The first-order valence-electron chi connectivity index (χ1n) is 5.72. The number of carbonyl (C=O) groups excluding carboxylic acids is 1. The highest BCUT2D eigenvalue weighted by Crippen LogP contribution is 2.30. The number of rotatable bonds is 3. The molecule has 5 heteroatoms. The lowest BCUT2D eigenvalue weighted by atomic mass is 9.90. The predicted octanol–water partition coefficient (Wildman–Crippen LogP) is 1.24. The Morgan fingerprint density at radius 3 is 2.31 bits per heavy atom. The number of carboxylic acids is 1. The Labute approximate surface area is 96.0 Å². The maximum atomic E-state index is 12.0. The molecule has 0 bridgehead atoms. The highest BCUT2D eigenvalue weighted by Gasteiger charge is 2.42. The molecule has 1 atom stereocenters. The normalized spacial score (nSPS) is 24.6. The Bertz CT molecular complexity index is 289. The molecule has 0 aromatic heterocycles. The van der Waals surface area contributed by atoms with Crippen molar-refractivity contribution < 1.29 is 14.7 Å². The summed E-state index contributed by atoms with van der Waals surface area (Å²) in [7, 11) is 0. The topological polar surface area (TPSA) is 60.9 Å². The van der Waals surface area contributed by atoms with Crippen molar-refractivity contribution in [3.05, 3.63) is 0 Å². The van der Waals surface area contributed by atoms with E-state index in [4.69, 9.17) is 5.11 Å². The van der Waals surface area contributed by atoms with Gasteiger partial charge in [0.25, 0.3) is 0 Å². The third-order valence-corrected chi connectivity index (χ3v) is 3.29. The maximum absolute atomic E-state index is 12.0. The van der Waals surface area contributed by atoms with E-state index in [0.717, 1.165) is 0 Å². The number of hydrogen-bond acceptors (Lipinski definition) is 2. The molecule has 0 spiro atoms. The molecule has 0 aliphatic carbocycles. The summed E-state index contributed by atoms with van der Waals surface area (Å²) in [5, 5.41) is 9.07. The van der Waals surface area contributed by atoms with E-state index in [1.54, 1.807) is 16.7 Å². The Balaban J connectivity index is 2.66. The van der Waals surface area contributed by atoms with Crippen LogP contribution in [0, 0.1) is 5.41 Å². The number of hydrogen-bond donors (Lipinski definition) is 1. The van der Waals surface area contributed by atoms with Gasteiger partial charge in [0.1, 0.15) is 0 Å². The average molecular weight is 228 g/mol. The van der Waals surface area contributed by atoms with Gasteiger partial charge in [0, 0.05) is 26.2 Å². The standard InChI is InChI=1S/C11H20N2O3/c1-4-12(5-2)10(16)13-7-6-11(3,8-13)9(14)15/h4-8H2,1-3H3,(H,14,15). The van der Waals surface area contributed by atoms with Crippen LogP contribution in [0.2, 0.25) is 0 Å². The number of likely N-dealkylation sites (tertiary alicyclic amines) is 1. The number of urea groups is 1. The van der Waals surface area contributed by atoms with E-state index in [9.17, 15) is 9.59 Å². The Morgan fingerprint density at radius 1 is 1.38 bits per heavy atom. The molecule has 1 N–H and O–H groups in total. The number of amides is 2. The lowest BCUT2D eigenvalue weighted by Gasteiger charge is -2.26. The van der Waals surface area contributed by atoms with Gasteiger partial charge in [-0.1, -0.05) is 0 Å². The molecule has 1 aliphatic heterocycles. The minimum atomic E-state index is -0.817. The van der Waals surface area contributed by atoms with E-state index >= 15 is 0 Å². The SMILES string of the molecule is CCN(CC)C(=O)N1CCC(C)(C(=O)O)C1. The number of carbonyl (C=O) groups is 2. The van der Waals surface area contributed by atoms with Crippen molar-refractivity contribution in [3.63, 3.8) is 0 Å². The van der Waals surface area contributed by atoms with Gasteiger partial charge < -0.3 is 14.9 Å². The van der Waals surface area contributed by atoms with E-state index in [-0.39, 0.29) is 6.03 Å². The number of nitrogens with zero attached hydrogens (tertiary/aromatic N) is 2. The fraction of sp³-hybridized carbons (Fsp3) is 0.818. The third-order valence-electron chi connectivity index (χ3n) is 3.29. The van der Waals surface area contributed by atoms with Crippen molar-refractivity contribution >= 4 is 12.0 Å². The summed E-state index contributed by atoms with van der Waals surface area (Å²) in [5.41, 5.74) is -0.775. The Morgan fingerprint density at radius 2 is 1.94 bits per heavy atom. The van der Waals surface area contributed by atoms with Crippen LogP contribution >= 0.6 is 0 Å². The fourth-order valence-electron chi connectivity index (χ4n) is 1.99. The Hall–Kier alpha value is -1.26. The summed E-state index contributed by atoms with van der Waals surface area (Å²) in [6, 6.07) is -0.0463. The molecule has 1 saturated heterocycles. The molecule has 1 heterocycles. The van der Waals surface area contributed by atoms with Crippen LogP contribution in [0.25, 0.3) is 0 Å². The Kier molecular flexibility index (Phi) is 3.78. The first-order valence-corrected chi connectivity index (χ1v) is 5.72. The minimum Gasteiger partial charge on any atom is -0.481 e. The highest BCUT2D eigenvalue weighted by molar-refractivity contribution is 5.79. The lowest BCUT2D eigenvalue weighted by molar-refractivity contribution is -0.147. The lowest BCUT2D eigenvalue weighted by Crippen LogP contribution is -2.43. The van der Waals surface area contributed by atoms with Crippen LogP contribution < -0.4 is 0 Å². The zero-order valence-electron chi connectivity index (χ0n) is 10.2. The van der Waals surface area contributed by atoms with Crippen LogP contribution in [0.15, 0.2) is 0 Å². The summed E-state index contributed by atoms with van der Waals surface area (Å²) in [6.45, 7) is 7.73. The van der Waals surface area contributed by atoms with Crippen molar-refractivity contribution in [2.45, 2.75) is 27.2 Å². The second-order valence-corrected chi connectivity index (χ2v) is 4.49. The van der Waals surface area contributed by atoms with Gasteiger partial charge in [0.05, 0.1) is 5.41 Å². The van der Waals surface area contributed by atoms with E-state index in [2.05, 4.69) is 0 Å². The van der Waals surface area contributed by atoms with Crippen molar-refractivity contribution in [3.8, 4) is 0 Å². The monoisotopic (exact) mass is 228 g/mol. The number of aliphatic carboxylic acids is 1. The van der Waals surface area contributed by atoms with Gasteiger partial charge in [0.15, 0.2) is 0 Å². The van der Waals surface area contributed by atoms with Crippen molar-refractivity contribution in [2.24, 2.45) is 5.41 Å². The van der Waals surface area contributed by atoms with Crippen LogP contribution in [0.5, 0.6) is 0 Å². The fourth-order valence-corrected chi connectivity index (χ4v) is 1.99. The molecule has 1 aliphatic rings. The largest absolute Gasteiger partial charge is 0.481 e. The van der Waals surface area contributed by atoms with Crippen molar-refractivity contribution in [2.75, 3.05) is 26.2 Å². The second-order valence-electron chi connectivity index (χ2n) is 4.49. The molecule has 0 saturated carbocycles. The molecule has 0 aromatic rings. The highest BCUT2D eigenvalue weighted by atomic mass is 16.4. The van der Waals surface area contributed by atoms with Gasteiger partial charge >= 0.3 is 12.0 Å². The van der Waals surface area contributed by atoms with E-state index < -0.39 is 11.4 Å². The van der Waals surface area contributed by atoms with Gasteiger partial charge in [-0.25, -0.2) is 4.79 Å². The zero-order chi connectivity index (χ0) is 12.3. The first-order chi connectivity index (χ1) is 7.44. The van der Waals surface area contributed by atoms with Gasteiger partial charge in [-0.05, 0) is 27.2 Å². The summed E-state index contributed by atoms with van der Waals surface area (Å²) >= 11 is 0. The van der Waals surface area contributed by atoms with Gasteiger partial charge in [0.2, 0.25) is 0 Å². The molecular weight excluding hydrogens is 208 g/mol. The van der Waals surface area contributed by atoms with Crippen LogP contribution in [0.3, 0.4) is 0 Å². The van der Waals surface area contributed by atoms with E-state index in [1.165, 1.54) is 0 Å². The molecule has 1 unspecified atom stereocenters. The van der Waals surface area contributed by atoms with Gasteiger partial charge in [-0.15, -0.1) is 0 Å². The van der Waals surface area contributed by atoms with Crippen molar-refractivity contribution in [1.29, 1.82) is 0 Å². The van der Waals surface area contributed by atoms with Crippen LogP contribution in [-0.2, 0) is 4.79 Å². The molecule has 5 nitrogen and oxygen atoms in total. The molecule has 92 valence electrons. The molecular formula is C11H20N2O3. The molecule has 1 fully saturated rings. The molecule has 2 amide bonds. The summed E-state index contributed by atoms with van der Waals surface area (Å²) in [6.07, 6.45) is 0.537. The molecule has 16 heavy (non-hydrogen) atoms. The quantitative estimate of drug-likeness (QED) is 0.790. The average Bonchev–Trinajstić information content (AvgIpc) is 2.64. The summed E-state index contributed by atoms with van der Waals surface area (Å²) in [4.78, 5) is 26.4. The minimum absolute atomic E-state index is 0.0463. The summed E-state index contributed by atoms with van der Waals surface area (Å²) < 4.78 is 0. The predicted molar refractivity (Wildman–Crippen MR) is 60.2 cm³/mol. The maximum Gasteiger partial charge on any atom is 0.320 e. The zero-order valence-corrected chi connectivity index (χ0v) is 10.2. The van der Waals surface area contributed by atoms with E-state index in [1.807, 2.05) is 13.8 Å². The second kappa shape index (κ2) is 4.72. The first kappa shape index (κ1) is 12.8. The third kappa shape index (κ3) is 2.28. The van der Waals surface area contributed by atoms with Crippen LogP contribution in [0.4, 0.5) is 4.79 Å². The summed E-state index contributed by atoms with van der Waals surface area (Å²) in [5.74, 6) is -0.817. The van der Waals surface area contributed by atoms with Crippen LogP contribution in [-0.4, -0.2) is 53.1 Å². The van der Waals surface area contributed by atoms with E-state index in [0.29, 0.717) is 32.6 Å². The van der Waals surface area contributed by atoms with Gasteiger partial charge in [-0.2, -0.15) is 0 Å². The van der Waals surface area contributed by atoms with Crippen molar-refractivity contribution in [1.82, 2.24) is 9.80 Å². The molecule has 1 rings (SSSR count). The number of carboxylic acid groups (broad SMARTS) is 1. The smallest absolute Gasteiger partial charge is 0.320 e. The molecule has 0 aromatic carbocycles. The van der Waals surface area contributed by atoms with Gasteiger partial charge in [-0.3, -0.25) is 4.79 Å².